The number of nitrogens with one attached hydrogen (secondary N) is 1. The van der Waals surface area contributed by atoms with Crippen LogP contribution >= 0.6 is 15.9 Å². The molecule has 1 saturated heterocycles. The third-order valence-corrected chi connectivity index (χ3v) is 5.58. The summed E-state index contributed by atoms with van der Waals surface area (Å²) in [4.78, 5) is 3.79. The number of rotatable bonds is 3. The zero-order valence-electron chi connectivity index (χ0n) is 14.0. The molecule has 2 aromatic carbocycles. The van der Waals surface area contributed by atoms with Crippen molar-refractivity contribution < 1.29 is 19.5 Å². The maximum atomic E-state index is 10.0. The highest BCUT2D eigenvalue weighted by atomic mass is 79.9. The maximum Gasteiger partial charge on any atom is 0.162 e. The lowest BCUT2D eigenvalue weighted by molar-refractivity contribution is -0.914. The fourth-order valence-corrected chi connectivity index (χ4v) is 3.95. The van der Waals surface area contributed by atoms with Crippen molar-refractivity contribution in [3.63, 3.8) is 0 Å². The molecule has 2 heterocycles. The molecule has 2 aliphatic heterocycles. The van der Waals surface area contributed by atoms with Crippen LogP contribution in [0.1, 0.15) is 5.56 Å². The van der Waals surface area contributed by atoms with Crippen molar-refractivity contribution in [2.45, 2.75) is 6.54 Å². The molecule has 0 spiro atoms. The first kappa shape index (κ1) is 16.5. The van der Waals surface area contributed by atoms with Gasteiger partial charge in [-0.1, -0.05) is 28.1 Å². The lowest BCUT2D eigenvalue weighted by Crippen LogP contribution is -3.13. The zero-order chi connectivity index (χ0) is 17.2. The van der Waals surface area contributed by atoms with E-state index >= 15 is 0 Å². The van der Waals surface area contributed by atoms with E-state index in [4.69, 9.17) is 9.47 Å². The number of aromatic hydroxyl groups is 1. The summed E-state index contributed by atoms with van der Waals surface area (Å²) >= 11 is 3.67. The zero-order valence-corrected chi connectivity index (χ0v) is 15.6. The van der Waals surface area contributed by atoms with Crippen LogP contribution in [0.15, 0.2) is 40.9 Å². The van der Waals surface area contributed by atoms with Crippen LogP contribution in [-0.4, -0.2) is 44.5 Å². The number of nitrogens with zero attached hydrogens (tertiary/aromatic N) is 1. The summed E-state index contributed by atoms with van der Waals surface area (Å²) < 4.78 is 12.4. The Hall–Kier alpha value is -1.92. The third kappa shape index (κ3) is 3.55. The van der Waals surface area contributed by atoms with Crippen molar-refractivity contribution in [1.29, 1.82) is 0 Å². The third-order valence-electron chi connectivity index (χ3n) is 4.84. The molecule has 2 N–H and O–H groups in total. The summed E-state index contributed by atoms with van der Waals surface area (Å²) in [5.41, 5.74) is 2.18. The highest BCUT2D eigenvalue weighted by molar-refractivity contribution is 9.10. The Morgan fingerprint density at radius 2 is 1.72 bits per heavy atom. The van der Waals surface area contributed by atoms with Crippen LogP contribution in [0.3, 0.4) is 0 Å². The average molecular weight is 406 g/mol. The Labute approximate surface area is 155 Å². The van der Waals surface area contributed by atoms with Crippen LogP contribution in [0.25, 0.3) is 0 Å². The standard InChI is InChI=1S/C19H21BrN2O3/c20-15-12-19-18(24-9-10-25-19)11-14(15)13-21-5-7-22(8-6-21)16-3-1-2-4-17(16)23/h1-4,11-12,23H,5-10,13H2/p+1. The smallest absolute Gasteiger partial charge is 0.162 e. The van der Waals surface area contributed by atoms with Crippen LogP contribution < -0.4 is 19.3 Å². The molecular formula is C19H22BrN2O3+. The van der Waals surface area contributed by atoms with E-state index in [1.165, 1.54) is 10.5 Å². The number of fused-ring (bicyclic) bond motifs is 1. The van der Waals surface area contributed by atoms with E-state index in [2.05, 4.69) is 26.9 Å². The predicted molar refractivity (Wildman–Crippen MR) is 99.9 cm³/mol. The Balaban J connectivity index is 1.41. The fraction of sp³-hybridized carbons (Fsp3) is 0.368. The van der Waals surface area contributed by atoms with Crippen molar-refractivity contribution in [1.82, 2.24) is 0 Å². The number of para-hydroxylation sites is 2. The van der Waals surface area contributed by atoms with Gasteiger partial charge in [-0.2, -0.15) is 0 Å². The number of quaternary nitrogens is 1. The van der Waals surface area contributed by atoms with E-state index < -0.39 is 0 Å². The number of halogens is 1. The topological polar surface area (TPSA) is 46.4 Å². The van der Waals surface area contributed by atoms with E-state index in [1.54, 1.807) is 6.07 Å². The Bertz CT molecular complexity index is 760. The van der Waals surface area contributed by atoms with Gasteiger partial charge < -0.3 is 24.4 Å². The van der Waals surface area contributed by atoms with Gasteiger partial charge in [-0.05, 0) is 24.3 Å². The molecule has 0 unspecified atom stereocenters. The second-order valence-electron chi connectivity index (χ2n) is 6.49. The quantitative estimate of drug-likeness (QED) is 0.817. The van der Waals surface area contributed by atoms with Gasteiger partial charge in [-0.15, -0.1) is 0 Å². The lowest BCUT2D eigenvalue weighted by atomic mass is 10.1. The van der Waals surface area contributed by atoms with Gasteiger partial charge in [0.2, 0.25) is 0 Å². The van der Waals surface area contributed by atoms with Gasteiger partial charge in [0.1, 0.15) is 25.5 Å². The highest BCUT2D eigenvalue weighted by Crippen LogP contribution is 2.35. The maximum absolute atomic E-state index is 10.0. The average Bonchev–Trinajstić information content (AvgIpc) is 2.63. The summed E-state index contributed by atoms with van der Waals surface area (Å²) in [6.45, 7) is 6.12. The molecule has 25 heavy (non-hydrogen) atoms. The molecule has 0 aliphatic carbocycles. The molecule has 2 aromatic rings. The summed E-state index contributed by atoms with van der Waals surface area (Å²) in [5, 5.41) is 10.0. The highest BCUT2D eigenvalue weighted by Gasteiger charge is 2.23. The molecule has 0 bridgehead atoms. The molecule has 0 radical (unpaired) electrons. The molecule has 0 aromatic heterocycles. The molecule has 132 valence electrons. The van der Waals surface area contributed by atoms with Crippen LogP contribution in [0.5, 0.6) is 17.2 Å². The molecule has 0 atom stereocenters. The van der Waals surface area contributed by atoms with E-state index in [9.17, 15) is 5.11 Å². The molecule has 0 saturated carbocycles. The van der Waals surface area contributed by atoms with Crippen LogP contribution in [-0.2, 0) is 6.54 Å². The van der Waals surface area contributed by atoms with Gasteiger partial charge in [-0.25, -0.2) is 0 Å². The van der Waals surface area contributed by atoms with Crippen LogP contribution in [0, 0.1) is 0 Å². The number of anilines is 1. The minimum Gasteiger partial charge on any atom is -0.506 e. The first-order valence-electron chi connectivity index (χ1n) is 8.65. The Morgan fingerprint density at radius 3 is 2.44 bits per heavy atom. The summed E-state index contributed by atoms with van der Waals surface area (Å²) in [6.07, 6.45) is 0. The van der Waals surface area contributed by atoms with Gasteiger partial charge >= 0.3 is 0 Å². The molecule has 6 heteroatoms. The van der Waals surface area contributed by atoms with Crippen molar-refractivity contribution in [2.24, 2.45) is 0 Å². The van der Waals surface area contributed by atoms with E-state index in [0.29, 0.717) is 19.0 Å². The monoisotopic (exact) mass is 405 g/mol. The summed E-state index contributed by atoms with van der Waals surface area (Å²) in [7, 11) is 0. The van der Waals surface area contributed by atoms with E-state index in [-0.39, 0.29) is 0 Å². The molecule has 1 fully saturated rings. The fourth-order valence-electron chi connectivity index (χ4n) is 3.48. The first-order valence-corrected chi connectivity index (χ1v) is 9.44. The second kappa shape index (κ2) is 7.14. The number of ether oxygens (including phenoxy) is 2. The molecule has 2 aliphatic rings. The van der Waals surface area contributed by atoms with Crippen LogP contribution in [0.4, 0.5) is 5.69 Å². The van der Waals surface area contributed by atoms with Gasteiger partial charge in [0, 0.05) is 10.0 Å². The molecule has 0 amide bonds. The molecular weight excluding hydrogens is 384 g/mol. The normalized spacial score (nSPS) is 17.6. The number of piperazine rings is 1. The van der Waals surface area contributed by atoms with Gasteiger partial charge in [0.15, 0.2) is 11.5 Å². The summed E-state index contributed by atoms with van der Waals surface area (Å²) in [6, 6.07) is 11.7. The number of hydrogen-bond acceptors (Lipinski definition) is 4. The largest absolute Gasteiger partial charge is 0.506 e. The van der Waals surface area contributed by atoms with Gasteiger partial charge in [0.05, 0.1) is 31.9 Å². The van der Waals surface area contributed by atoms with Crippen molar-refractivity contribution in [2.75, 3.05) is 44.3 Å². The van der Waals surface area contributed by atoms with Crippen molar-refractivity contribution >= 4 is 21.6 Å². The predicted octanol–water partition coefficient (Wildman–Crippen LogP) is 1.83. The number of hydrogen-bond donors (Lipinski definition) is 2. The van der Waals surface area contributed by atoms with Gasteiger partial charge in [-0.3, -0.25) is 0 Å². The Kier molecular flexibility index (Phi) is 4.72. The molecule has 5 nitrogen and oxygen atoms in total. The van der Waals surface area contributed by atoms with Crippen LogP contribution in [0.2, 0.25) is 0 Å². The number of phenolic OH excluding ortho intramolecular Hbond substituents is 1. The SMILES string of the molecule is Oc1ccccc1N1CC[NH+](Cc2cc3c(cc2Br)OCCO3)CC1. The van der Waals surface area contributed by atoms with E-state index in [0.717, 1.165) is 54.4 Å². The minimum absolute atomic E-state index is 0.362. The van der Waals surface area contributed by atoms with Crippen molar-refractivity contribution in [3.8, 4) is 17.2 Å². The number of phenols is 1. The minimum atomic E-state index is 0.362. The van der Waals surface area contributed by atoms with Gasteiger partial charge in [0.25, 0.3) is 0 Å². The van der Waals surface area contributed by atoms with E-state index in [1.807, 2.05) is 24.3 Å². The molecule has 4 rings (SSSR count). The summed E-state index contributed by atoms with van der Waals surface area (Å²) in [5.74, 6) is 2.03. The first-order chi connectivity index (χ1) is 12.2. The Morgan fingerprint density at radius 1 is 1.04 bits per heavy atom. The number of benzene rings is 2. The van der Waals surface area contributed by atoms with Crippen molar-refractivity contribution in [3.05, 3.63) is 46.4 Å². The second-order valence-corrected chi connectivity index (χ2v) is 7.34. The lowest BCUT2D eigenvalue weighted by Gasteiger charge is -2.34.